The molecule has 0 aliphatic heterocycles. The van der Waals surface area contributed by atoms with Gasteiger partial charge in [-0.25, -0.2) is 9.18 Å². The molecule has 98 valence electrons. The van der Waals surface area contributed by atoms with Crippen LogP contribution >= 0.6 is 0 Å². The van der Waals surface area contributed by atoms with E-state index in [1.807, 2.05) is 19.1 Å². The first-order chi connectivity index (χ1) is 9.06. The highest BCUT2D eigenvalue weighted by Crippen LogP contribution is 2.20. The van der Waals surface area contributed by atoms with E-state index in [0.717, 1.165) is 17.8 Å². The van der Waals surface area contributed by atoms with E-state index in [9.17, 15) is 9.18 Å². The highest BCUT2D eigenvalue weighted by Gasteiger charge is 2.12. The summed E-state index contributed by atoms with van der Waals surface area (Å²) >= 11 is 0. The molecule has 0 amide bonds. The zero-order chi connectivity index (χ0) is 13.8. The molecule has 0 radical (unpaired) electrons. The molecule has 0 saturated heterocycles. The fourth-order valence-electron chi connectivity index (χ4n) is 1.63. The zero-order valence-electron chi connectivity index (χ0n) is 10.3. The van der Waals surface area contributed by atoms with Crippen molar-refractivity contribution < 1.29 is 19.0 Å². The van der Waals surface area contributed by atoms with E-state index in [4.69, 9.17) is 9.84 Å². The summed E-state index contributed by atoms with van der Waals surface area (Å²) in [5.41, 5.74) is 1.33. The maximum atomic E-state index is 13.0. The second-order valence-corrected chi connectivity index (χ2v) is 4.00. The van der Waals surface area contributed by atoms with Crippen LogP contribution in [0.1, 0.15) is 21.7 Å². The van der Waals surface area contributed by atoms with Crippen molar-refractivity contribution >= 4 is 5.97 Å². The normalized spacial score (nSPS) is 10.2. The maximum absolute atomic E-state index is 13.0. The number of ether oxygens (including phenoxy) is 1. The van der Waals surface area contributed by atoms with Crippen LogP contribution in [0.5, 0.6) is 5.75 Å². The van der Waals surface area contributed by atoms with E-state index < -0.39 is 11.8 Å². The lowest BCUT2D eigenvalue weighted by Gasteiger charge is -2.09. The maximum Gasteiger partial charge on any atom is 0.339 e. The summed E-state index contributed by atoms with van der Waals surface area (Å²) in [6.45, 7) is 1.98. The number of nitrogens with zero attached hydrogens (tertiary/aromatic N) is 1. The monoisotopic (exact) mass is 261 g/mol. The number of carboxylic acid groups (broad SMARTS) is 1. The van der Waals surface area contributed by atoms with Gasteiger partial charge in [-0.1, -0.05) is 6.07 Å². The van der Waals surface area contributed by atoms with Crippen LogP contribution in [-0.4, -0.2) is 16.1 Å². The number of halogens is 1. The standard InChI is InChI=1S/C14H12FNO3/c1-9-3-2-4-11(16-9)8-19-13-6-5-10(15)7-12(13)14(17)18/h2-7H,8H2,1H3,(H,17,18). The average molecular weight is 261 g/mol. The number of aromatic carboxylic acids is 1. The second-order valence-electron chi connectivity index (χ2n) is 4.00. The van der Waals surface area contributed by atoms with Crippen LogP contribution in [-0.2, 0) is 6.61 Å². The number of benzene rings is 1. The summed E-state index contributed by atoms with van der Waals surface area (Å²) in [6.07, 6.45) is 0. The number of carbonyl (C=O) groups is 1. The van der Waals surface area contributed by atoms with Crippen molar-refractivity contribution in [1.29, 1.82) is 0 Å². The molecular formula is C14H12FNO3. The van der Waals surface area contributed by atoms with E-state index in [1.165, 1.54) is 6.07 Å². The van der Waals surface area contributed by atoms with Crippen LogP contribution < -0.4 is 4.74 Å². The van der Waals surface area contributed by atoms with Crippen molar-refractivity contribution in [2.75, 3.05) is 0 Å². The van der Waals surface area contributed by atoms with Crippen LogP contribution in [0, 0.1) is 12.7 Å². The van der Waals surface area contributed by atoms with E-state index in [2.05, 4.69) is 4.98 Å². The molecule has 1 heterocycles. The van der Waals surface area contributed by atoms with Gasteiger partial charge in [0.2, 0.25) is 0 Å². The lowest BCUT2D eigenvalue weighted by atomic mass is 10.2. The number of aryl methyl sites for hydroxylation is 1. The van der Waals surface area contributed by atoms with Crippen LogP contribution in [0.2, 0.25) is 0 Å². The van der Waals surface area contributed by atoms with Crippen molar-refractivity contribution in [3.63, 3.8) is 0 Å². The zero-order valence-corrected chi connectivity index (χ0v) is 10.3. The quantitative estimate of drug-likeness (QED) is 0.919. The SMILES string of the molecule is Cc1cccc(COc2ccc(F)cc2C(=O)O)n1. The van der Waals surface area contributed by atoms with Gasteiger partial charge < -0.3 is 9.84 Å². The molecule has 19 heavy (non-hydrogen) atoms. The Morgan fingerprint density at radius 2 is 2.16 bits per heavy atom. The Bertz CT molecular complexity index is 613. The smallest absolute Gasteiger partial charge is 0.339 e. The number of hydrogen-bond donors (Lipinski definition) is 1. The fourth-order valence-corrected chi connectivity index (χ4v) is 1.63. The highest BCUT2D eigenvalue weighted by molar-refractivity contribution is 5.90. The van der Waals surface area contributed by atoms with E-state index >= 15 is 0 Å². The van der Waals surface area contributed by atoms with Gasteiger partial charge in [-0.05, 0) is 37.3 Å². The second kappa shape index (κ2) is 5.48. The molecule has 4 nitrogen and oxygen atoms in total. The van der Waals surface area contributed by atoms with Crippen molar-refractivity contribution in [2.45, 2.75) is 13.5 Å². The topological polar surface area (TPSA) is 59.4 Å². The largest absolute Gasteiger partial charge is 0.486 e. The van der Waals surface area contributed by atoms with Gasteiger partial charge in [-0.15, -0.1) is 0 Å². The minimum absolute atomic E-state index is 0.122. The van der Waals surface area contributed by atoms with Gasteiger partial charge in [0.25, 0.3) is 0 Å². The molecular weight excluding hydrogens is 249 g/mol. The van der Waals surface area contributed by atoms with Gasteiger partial charge in [0.05, 0.1) is 5.69 Å². The first-order valence-corrected chi connectivity index (χ1v) is 5.64. The molecule has 5 heteroatoms. The van der Waals surface area contributed by atoms with E-state index in [1.54, 1.807) is 6.07 Å². The Labute approximate surface area is 109 Å². The third-order valence-electron chi connectivity index (χ3n) is 2.49. The lowest BCUT2D eigenvalue weighted by molar-refractivity contribution is 0.0691. The third kappa shape index (κ3) is 3.28. The molecule has 0 fully saturated rings. The summed E-state index contributed by atoms with van der Waals surface area (Å²) in [5.74, 6) is -1.72. The number of hydrogen-bond acceptors (Lipinski definition) is 3. The van der Waals surface area contributed by atoms with E-state index in [-0.39, 0.29) is 17.9 Å². The Kier molecular flexibility index (Phi) is 3.75. The van der Waals surface area contributed by atoms with Gasteiger partial charge in [0.15, 0.2) is 0 Å². The predicted octanol–water partition coefficient (Wildman–Crippen LogP) is 2.81. The lowest BCUT2D eigenvalue weighted by Crippen LogP contribution is -2.05. The number of aromatic nitrogens is 1. The molecule has 0 aliphatic carbocycles. The number of carboxylic acids is 1. The van der Waals surface area contributed by atoms with Gasteiger partial charge in [-0.2, -0.15) is 0 Å². The number of rotatable bonds is 4. The minimum Gasteiger partial charge on any atom is -0.486 e. The van der Waals surface area contributed by atoms with Crippen LogP contribution in [0.3, 0.4) is 0 Å². The molecule has 0 spiro atoms. The van der Waals surface area contributed by atoms with Crippen molar-refractivity contribution in [2.24, 2.45) is 0 Å². The van der Waals surface area contributed by atoms with Crippen LogP contribution in [0.15, 0.2) is 36.4 Å². The molecule has 0 bridgehead atoms. The van der Waals surface area contributed by atoms with Crippen molar-refractivity contribution in [1.82, 2.24) is 4.98 Å². The van der Waals surface area contributed by atoms with Crippen molar-refractivity contribution in [3.8, 4) is 5.75 Å². The van der Waals surface area contributed by atoms with Gasteiger partial charge in [0, 0.05) is 5.69 Å². The summed E-state index contributed by atoms with van der Waals surface area (Å²) in [4.78, 5) is 15.2. The molecule has 1 N–H and O–H groups in total. The molecule has 0 aliphatic rings. The summed E-state index contributed by atoms with van der Waals surface area (Å²) in [6, 6.07) is 8.85. The summed E-state index contributed by atoms with van der Waals surface area (Å²) in [7, 11) is 0. The van der Waals surface area contributed by atoms with Crippen LogP contribution in [0.4, 0.5) is 4.39 Å². The molecule has 0 atom stereocenters. The minimum atomic E-state index is -1.23. The Hall–Kier alpha value is -2.43. The summed E-state index contributed by atoms with van der Waals surface area (Å²) < 4.78 is 18.4. The average Bonchev–Trinajstić information content (AvgIpc) is 2.37. The van der Waals surface area contributed by atoms with Crippen molar-refractivity contribution in [3.05, 3.63) is 59.2 Å². The van der Waals surface area contributed by atoms with Gasteiger partial charge >= 0.3 is 5.97 Å². The molecule has 1 aromatic heterocycles. The van der Waals surface area contributed by atoms with E-state index in [0.29, 0.717) is 5.69 Å². The fraction of sp³-hybridized carbons (Fsp3) is 0.143. The Morgan fingerprint density at radius 3 is 2.84 bits per heavy atom. The number of pyridine rings is 1. The predicted molar refractivity (Wildman–Crippen MR) is 66.7 cm³/mol. The van der Waals surface area contributed by atoms with Crippen LogP contribution in [0.25, 0.3) is 0 Å². The molecule has 2 aromatic rings. The van der Waals surface area contributed by atoms with Gasteiger partial charge in [-0.3, -0.25) is 4.98 Å². The molecule has 0 saturated carbocycles. The Morgan fingerprint density at radius 1 is 1.37 bits per heavy atom. The molecule has 2 rings (SSSR count). The Balaban J connectivity index is 2.17. The third-order valence-corrected chi connectivity index (χ3v) is 2.49. The first kappa shape index (κ1) is 13.0. The molecule has 0 unspecified atom stereocenters. The van der Waals surface area contributed by atoms with Gasteiger partial charge in [0.1, 0.15) is 23.7 Å². The summed E-state index contributed by atoms with van der Waals surface area (Å²) in [5, 5.41) is 8.97. The highest BCUT2D eigenvalue weighted by atomic mass is 19.1. The first-order valence-electron chi connectivity index (χ1n) is 5.64. The molecule has 1 aromatic carbocycles.